The van der Waals surface area contributed by atoms with Crippen molar-refractivity contribution in [1.82, 2.24) is 14.6 Å². The first-order valence-corrected chi connectivity index (χ1v) is 5.99. The maximum absolute atomic E-state index is 11.4. The monoisotopic (exact) mass is 268 g/mol. The Kier molecular flexibility index (Phi) is 2.83. The lowest BCUT2D eigenvalue weighted by molar-refractivity contribution is 0.100. The number of fused-ring (bicyclic) bond motifs is 1. The van der Waals surface area contributed by atoms with Crippen LogP contribution in [-0.4, -0.2) is 27.6 Å². The van der Waals surface area contributed by atoms with Crippen LogP contribution in [0.2, 0.25) is 0 Å². The van der Waals surface area contributed by atoms with E-state index < -0.39 is 5.91 Å². The SMILES string of the molecule is COc1ccccc1-c1nc2c(C(N)=O)cccn2n1. The van der Waals surface area contributed by atoms with E-state index in [9.17, 15) is 4.79 Å². The van der Waals surface area contributed by atoms with Gasteiger partial charge in [-0.3, -0.25) is 4.79 Å². The predicted molar refractivity (Wildman–Crippen MR) is 73.5 cm³/mol. The number of para-hydroxylation sites is 1. The summed E-state index contributed by atoms with van der Waals surface area (Å²) in [4.78, 5) is 15.8. The molecule has 1 amide bonds. The van der Waals surface area contributed by atoms with Gasteiger partial charge in [-0.1, -0.05) is 12.1 Å². The van der Waals surface area contributed by atoms with E-state index in [1.807, 2.05) is 24.3 Å². The molecule has 1 aromatic carbocycles. The summed E-state index contributed by atoms with van der Waals surface area (Å²) in [6.07, 6.45) is 1.72. The minimum absolute atomic E-state index is 0.334. The van der Waals surface area contributed by atoms with Gasteiger partial charge in [-0.15, -0.1) is 5.10 Å². The molecule has 6 nitrogen and oxygen atoms in total. The number of carbonyl (C=O) groups excluding carboxylic acids is 1. The first-order chi connectivity index (χ1) is 9.70. The van der Waals surface area contributed by atoms with Gasteiger partial charge in [0.25, 0.3) is 5.91 Å². The van der Waals surface area contributed by atoms with E-state index in [2.05, 4.69) is 10.1 Å². The molecule has 2 heterocycles. The first kappa shape index (κ1) is 12.2. The summed E-state index contributed by atoms with van der Waals surface area (Å²) in [6.45, 7) is 0. The summed E-state index contributed by atoms with van der Waals surface area (Å²) in [7, 11) is 1.59. The van der Waals surface area contributed by atoms with Crippen molar-refractivity contribution >= 4 is 11.6 Å². The van der Waals surface area contributed by atoms with Crippen molar-refractivity contribution in [2.75, 3.05) is 7.11 Å². The van der Waals surface area contributed by atoms with Crippen LogP contribution in [0.15, 0.2) is 42.6 Å². The summed E-state index contributed by atoms with van der Waals surface area (Å²) >= 11 is 0. The molecule has 6 heteroatoms. The van der Waals surface area contributed by atoms with Gasteiger partial charge in [-0.05, 0) is 24.3 Å². The zero-order chi connectivity index (χ0) is 14.1. The molecule has 0 fully saturated rings. The summed E-state index contributed by atoms with van der Waals surface area (Å²) in [5.41, 5.74) is 6.86. The van der Waals surface area contributed by atoms with Crippen molar-refractivity contribution in [1.29, 1.82) is 0 Å². The molecule has 0 saturated heterocycles. The number of nitrogens with zero attached hydrogens (tertiary/aromatic N) is 3. The van der Waals surface area contributed by atoms with E-state index in [4.69, 9.17) is 10.5 Å². The Bertz CT molecular complexity index is 795. The minimum Gasteiger partial charge on any atom is -0.496 e. The van der Waals surface area contributed by atoms with Crippen LogP contribution in [0, 0.1) is 0 Å². The highest BCUT2D eigenvalue weighted by Gasteiger charge is 2.14. The molecule has 2 N–H and O–H groups in total. The van der Waals surface area contributed by atoms with Gasteiger partial charge in [0.05, 0.1) is 18.2 Å². The Morgan fingerprint density at radius 1 is 1.25 bits per heavy atom. The van der Waals surface area contributed by atoms with Crippen molar-refractivity contribution in [2.45, 2.75) is 0 Å². The van der Waals surface area contributed by atoms with Gasteiger partial charge < -0.3 is 10.5 Å². The molecule has 0 saturated carbocycles. The lowest BCUT2D eigenvalue weighted by Gasteiger charge is -2.03. The number of hydrogen-bond acceptors (Lipinski definition) is 4. The molecule has 0 aliphatic rings. The normalized spacial score (nSPS) is 10.7. The van der Waals surface area contributed by atoms with E-state index in [0.29, 0.717) is 22.8 Å². The summed E-state index contributed by atoms with van der Waals surface area (Å²) in [6, 6.07) is 10.8. The van der Waals surface area contributed by atoms with Crippen LogP contribution >= 0.6 is 0 Å². The molecule has 0 atom stereocenters. The highest BCUT2D eigenvalue weighted by Crippen LogP contribution is 2.27. The first-order valence-electron chi connectivity index (χ1n) is 5.99. The number of ether oxygens (including phenoxy) is 1. The van der Waals surface area contributed by atoms with Crippen LogP contribution in [-0.2, 0) is 0 Å². The maximum atomic E-state index is 11.4. The Balaban J connectivity index is 2.23. The van der Waals surface area contributed by atoms with Crippen LogP contribution < -0.4 is 10.5 Å². The predicted octanol–water partition coefficient (Wildman–Crippen LogP) is 1.50. The Labute approximate surface area is 114 Å². The fourth-order valence-electron chi connectivity index (χ4n) is 2.04. The Hall–Kier alpha value is -2.89. The summed E-state index contributed by atoms with van der Waals surface area (Å²) in [5, 5.41) is 4.35. The van der Waals surface area contributed by atoms with Gasteiger partial charge in [0.15, 0.2) is 11.5 Å². The molecule has 0 radical (unpaired) electrons. The highest BCUT2D eigenvalue weighted by atomic mass is 16.5. The van der Waals surface area contributed by atoms with Crippen LogP contribution in [0.5, 0.6) is 5.75 Å². The fourth-order valence-corrected chi connectivity index (χ4v) is 2.04. The van der Waals surface area contributed by atoms with E-state index in [1.54, 1.807) is 25.4 Å². The van der Waals surface area contributed by atoms with E-state index in [-0.39, 0.29) is 0 Å². The third kappa shape index (κ3) is 1.87. The van der Waals surface area contributed by atoms with Gasteiger partial charge in [0, 0.05) is 6.20 Å². The van der Waals surface area contributed by atoms with Crippen molar-refractivity contribution in [2.24, 2.45) is 5.73 Å². The summed E-state index contributed by atoms with van der Waals surface area (Å²) < 4.78 is 6.82. The van der Waals surface area contributed by atoms with E-state index in [0.717, 1.165) is 5.56 Å². The van der Waals surface area contributed by atoms with Crippen LogP contribution in [0.25, 0.3) is 17.0 Å². The van der Waals surface area contributed by atoms with Gasteiger partial charge >= 0.3 is 0 Å². The topological polar surface area (TPSA) is 82.5 Å². The number of methoxy groups -OCH3 is 1. The second-order valence-corrected chi connectivity index (χ2v) is 4.19. The van der Waals surface area contributed by atoms with Crippen LogP contribution in [0.4, 0.5) is 0 Å². The van der Waals surface area contributed by atoms with Crippen molar-refractivity contribution in [3.8, 4) is 17.1 Å². The highest BCUT2D eigenvalue weighted by molar-refractivity contribution is 5.98. The number of aromatic nitrogens is 3. The van der Waals surface area contributed by atoms with Gasteiger partial charge in [0.1, 0.15) is 5.75 Å². The molecule has 0 spiro atoms. The molecule has 0 bridgehead atoms. The average Bonchev–Trinajstić information content (AvgIpc) is 2.90. The number of nitrogens with two attached hydrogens (primary N) is 1. The number of benzene rings is 1. The Morgan fingerprint density at radius 2 is 2.05 bits per heavy atom. The number of rotatable bonds is 3. The number of carbonyl (C=O) groups is 1. The number of primary amides is 1. The average molecular weight is 268 g/mol. The maximum Gasteiger partial charge on any atom is 0.252 e. The number of hydrogen-bond donors (Lipinski definition) is 1. The number of pyridine rings is 1. The smallest absolute Gasteiger partial charge is 0.252 e. The fraction of sp³-hybridized carbons (Fsp3) is 0.0714. The Morgan fingerprint density at radius 3 is 2.80 bits per heavy atom. The van der Waals surface area contributed by atoms with E-state index >= 15 is 0 Å². The molecular formula is C14H12N4O2. The van der Waals surface area contributed by atoms with Crippen molar-refractivity contribution in [3.63, 3.8) is 0 Å². The molecule has 20 heavy (non-hydrogen) atoms. The zero-order valence-electron chi connectivity index (χ0n) is 10.8. The standard InChI is InChI=1S/C14H12N4O2/c1-20-11-7-3-2-5-9(11)13-16-14-10(12(15)19)6-4-8-18(14)17-13/h2-8H,1H3,(H2,15,19). The van der Waals surface area contributed by atoms with Gasteiger partial charge in [-0.2, -0.15) is 0 Å². The van der Waals surface area contributed by atoms with Gasteiger partial charge in [-0.25, -0.2) is 9.50 Å². The zero-order valence-corrected chi connectivity index (χ0v) is 10.8. The molecule has 0 aliphatic carbocycles. The lowest BCUT2D eigenvalue weighted by Crippen LogP contribution is -2.12. The van der Waals surface area contributed by atoms with Crippen LogP contribution in [0.3, 0.4) is 0 Å². The van der Waals surface area contributed by atoms with E-state index in [1.165, 1.54) is 4.52 Å². The molecule has 100 valence electrons. The van der Waals surface area contributed by atoms with Crippen molar-refractivity contribution in [3.05, 3.63) is 48.2 Å². The molecule has 0 unspecified atom stereocenters. The van der Waals surface area contributed by atoms with Crippen molar-refractivity contribution < 1.29 is 9.53 Å². The molecular weight excluding hydrogens is 256 g/mol. The summed E-state index contributed by atoms with van der Waals surface area (Å²) in [5.74, 6) is 0.620. The molecule has 0 aliphatic heterocycles. The second kappa shape index (κ2) is 4.65. The molecule has 3 rings (SSSR count). The molecule has 3 aromatic rings. The quantitative estimate of drug-likeness (QED) is 0.780. The van der Waals surface area contributed by atoms with Crippen LogP contribution in [0.1, 0.15) is 10.4 Å². The largest absolute Gasteiger partial charge is 0.496 e. The third-order valence-corrected chi connectivity index (χ3v) is 2.98. The second-order valence-electron chi connectivity index (χ2n) is 4.19. The lowest BCUT2D eigenvalue weighted by atomic mass is 10.2. The molecule has 2 aromatic heterocycles. The third-order valence-electron chi connectivity index (χ3n) is 2.98. The number of amides is 1. The van der Waals surface area contributed by atoms with Gasteiger partial charge in [0.2, 0.25) is 0 Å². The minimum atomic E-state index is -0.533.